The molecule has 4 atom stereocenters. The lowest BCUT2D eigenvalue weighted by molar-refractivity contribution is -0.143. The van der Waals surface area contributed by atoms with Crippen LogP contribution in [-0.4, -0.2) is 65.1 Å². The van der Waals surface area contributed by atoms with Gasteiger partial charge in [0.1, 0.15) is 12.1 Å². The molecule has 160 valence electrons. The number of carboxylic acids is 1. The van der Waals surface area contributed by atoms with Crippen LogP contribution in [0, 0.1) is 5.92 Å². The molecule has 0 saturated carbocycles. The van der Waals surface area contributed by atoms with Crippen molar-refractivity contribution in [2.45, 2.75) is 51.2 Å². The Balaban J connectivity index is 4.97. The first-order chi connectivity index (χ1) is 13.0. The molecule has 0 saturated heterocycles. The lowest BCUT2D eigenvalue weighted by Crippen LogP contribution is -2.56. The van der Waals surface area contributed by atoms with Crippen LogP contribution in [0.5, 0.6) is 0 Å². The minimum Gasteiger partial charge on any atom is -0.480 e. The first-order valence-electron chi connectivity index (χ1n) is 8.78. The largest absolute Gasteiger partial charge is 0.480 e. The summed E-state index contributed by atoms with van der Waals surface area (Å²) in [7, 11) is 0. The van der Waals surface area contributed by atoms with Crippen LogP contribution in [-0.2, 0) is 24.0 Å². The van der Waals surface area contributed by atoms with Gasteiger partial charge in [0.2, 0.25) is 23.6 Å². The third-order valence-electron chi connectivity index (χ3n) is 4.06. The van der Waals surface area contributed by atoms with Gasteiger partial charge in [-0.25, -0.2) is 4.79 Å². The fourth-order valence-electron chi connectivity index (χ4n) is 2.11. The van der Waals surface area contributed by atoms with E-state index in [0.717, 1.165) is 0 Å². The van der Waals surface area contributed by atoms with Crippen molar-refractivity contribution in [2.24, 2.45) is 17.4 Å². The zero-order chi connectivity index (χ0) is 21.9. The number of primary amides is 1. The Morgan fingerprint density at radius 1 is 1.11 bits per heavy atom. The van der Waals surface area contributed by atoms with Crippen molar-refractivity contribution in [1.82, 2.24) is 16.0 Å². The molecular formula is C16H29N5O6S. The van der Waals surface area contributed by atoms with E-state index in [1.54, 1.807) is 13.8 Å². The molecule has 0 aromatic rings. The molecule has 0 rings (SSSR count). The highest BCUT2D eigenvalue weighted by Gasteiger charge is 2.30. The molecule has 0 fully saturated rings. The average molecular weight is 420 g/mol. The highest BCUT2D eigenvalue weighted by molar-refractivity contribution is 7.80. The smallest absolute Gasteiger partial charge is 0.326 e. The molecule has 0 aliphatic heterocycles. The summed E-state index contributed by atoms with van der Waals surface area (Å²) in [6.45, 7) is 3.11. The first-order valence-corrected chi connectivity index (χ1v) is 9.41. The van der Waals surface area contributed by atoms with Gasteiger partial charge in [-0.15, -0.1) is 0 Å². The van der Waals surface area contributed by atoms with Gasteiger partial charge in [0, 0.05) is 12.2 Å². The van der Waals surface area contributed by atoms with E-state index in [-0.39, 0.29) is 24.5 Å². The minimum absolute atomic E-state index is 0.104. The zero-order valence-corrected chi connectivity index (χ0v) is 16.8. The van der Waals surface area contributed by atoms with Crippen LogP contribution in [0.2, 0.25) is 0 Å². The van der Waals surface area contributed by atoms with Gasteiger partial charge in [-0.1, -0.05) is 20.3 Å². The average Bonchev–Trinajstić information content (AvgIpc) is 2.65. The second-order valence-electron chi connectivity index (χ2n) is 6.34. The van der Waals surface area contributed by atoms with Crippen LogP contribution in [0.3, 0.4) is 0 Å². The third kappa shape index (κ3) is 9.55. The third-order valence-corrected chi connectivity index (χ3v) is 4.46. The molecule has 8 N–H and O–H groups in total. The molecule has 0 spiro atoms. The molecule has 0 bridgehead atoms. The molecule has 0 aromatic heterocycles. The summed E-state index contributed by atoms with van der Waals surface area (Å²) in [5.74, 6) is -4.13. The van der Waals surface area contributed by atoms with Gasteiger partial charge in [0.05, 0.1) is 12.6 Å². The van der Waals surface area contributed by atoms with Crippen molar-refractivity contribution in [1.29, 1.82) is 0 Å². The Bertz CT molecular complexity index is 588. The SMILES string of the molecule is CCC(C)C(NC(=O)CNC(=O)C(N)CS)C(=O)NC(CCC(N)=O)C(=O)O. The number of hydrogen-bond acceptors (Lipinski definition) is 7. The summed E-state index contributed by atoms with van der Waals surface area (Å²) in [5, 5.41) is 16.3. The molecular weight excluding hydrogens is 390 g/mol. The van der Waals surface area contributed by atoms with Gasteiger partial charge >= 0.3 is 5.97 Å². The Kier molecular flexibility index (Phi) is 11.9. The second kappa shape index (κ2) is 12.9. The molecule has 4 amide bonds. The molecule has 0 aliphatic rings. The molecule has 4 unspecified atom stereocenters. The number of nitrogens with one attached hydrogen (secondary N) is 3. The maximum atomic E-state index is 12.5. The lowest BCUT2D eigenvalue weighted by atomic mass is 9.97. The molecule has 0 aromatic carbocycles. The van der Waals surface area contributed by atoms with Crippen molar-refractivity contribution in [3.8, 4) is 0 Å². The van der Waals surface area contributed by atoms with Gasteiger partial charge in [-0.05, 0) is 12.3 Å². The summed E-state index contributed by atoms with van der Waals surface area (Å²) in [5.41, 5.74) is 10.5. The summed E-state index contributed by atoms with van der Waals surface area (Å²) in [6.07, 6.45) is 0.137. The van der Waals surface area contributed by atoms with Gasteiger partial charge in [-0.2, -0.15) is 12.6 Å². The summed E-state index contributed by atoms with van der Waals surface area (Å²) in [6, 6.07) is -3.22. The first kappa shape index (κ1) is 25.7. The van der Waals surface area contributed by atoms with Crippen LogP contribution in [0.1, 0.15) is 33.1 Å². The van der Waals surface area contributed by atoms with Crippen LogP contribution in [0.15, 0.2) is 0 Å². The summed E-state index contributed by atoms with van der Waals surface area (Å²) in [4.78, 5) is 58.3. The minimum atomic E-state index is -1.32. The van der Waals surface area contributed by atoms with E-state index < -0.39 is 54.3 Å². The topological polar surface area (TPSA) is 194 Å². The Morgan fingerprint density at radius 2 is 1.71 bits per heavy atom. The highest BCUT2D eigenvalue weighted by Crippen LogP contribution is 2.09. The number of hydrogen-bond donors (Lipinski definition) is 7. The molecule has 0 heterocycles. The van der Waals surface area contributed by atoms with Crippen molar-refractivity contribution in [3.05, 3.63) is 0 Å². The maximum Gasteiger partial charge on any atom is 0.326 e. The predicted octanol–water partition coefficient (Wildman–Crippen LogP) is -2.27. The quantitative estimate of drug-likeness (QED) is 0.163. The molecule has 0 aliphatic carbocycles. The number of nitrogens with two attached hydrogens (primary N) is 2. The summed E-state index contributed by atoms with van der Waals surface area (Å²) < 4.78 is 0. The van der Waals surface area contributed by atoms with Gasteiger partial charge in [0.25, 0.3) is 0 Å². The van der Waals surface area contributed by atoms with Gasteiger partial charge in [0.15, 0.2) is 0 Å². The van der Waals surface area contributed by atoms with Crippen molar-refractivity contribution >= 4 is 42.2 Å². The number of thiol groups is 1. The molecule has 12 heteroatoms. The Morgan fingerprint density at radius 3 is 2.18 bits per heavy atom. The number of rotatable bonds is 13. The van der Waals surface area contributed by atoms with Gasteiger partial charge < -0.3 is 32.5 Å². The van der Waals surface area contributed by atoms with E-state index in [4.69, 9.17) is 11.5 Å². The lowest BCUT2D eigenvalue weighted by Gasteiger charge is -2.25. The van der Waals surface area contributed by atoms with Crippen LogP contribution < -0.4 is 27.4 Å². The maximum absolute atomic E-state index is 12.5. The van der Waals surface area contributed by atoms with Gasteiger partial charge in [-0.3, -0.25) is 19.2 Å². The number of amides is 4. The Hall–Kier alpha value is -2.34. The number of carboxylic acid groups (broad SMARTS) is 1. The number of aliphatic carboxylic acids is 1. The highest BCUT2D eigenvalue weighted by atomic mass is 32.1. The predicted molar refractivity (Wildman–Crippen MR) is 104 cm³/mol. The number of carbonyl (C=O) groups is 5. The summed E-state index contributed by atoms with van der Waals surface area (Å²) >= 11 is 3.88. The zero-order valence-electron chi connectivity index (χ0n) is 15.9. The van der Waals surface area contributed by atoms with Crippen LogP contribution in [0.4, 0.5) is 0 Å². The van der Waals surface area contributed by atoms with Crippen molar-refractivity contribution < 1.29 is 29.1 Å². The Labute approximate surface area is 168 Å². The van der Waals surface area contributed by atoms with Crippen molar-refractivity contribution in [3.63, 3.8) is 0 Å². The van der Waals surface area contributed by atoms with E-state index in [9.17, 15) is 29.1 Å². The molecule has 28 heavy (non-hydrogen) atoms. The standard InChI is InChI=1S/C16H29N5O6S/c1-3-8(2)13(21-12(23)6-19-14(24)9(17)7-28)15(25)20-10(16(26)27)4-5-11(18)22/h8-10,13,28H,3-7,17H2,1-2H3,(H2,18,22)(H,19,24)(H,20,25)(H,21,23)(H,26,27). The van der Waals surface area contributed by atoms with E-state index in [1.165, 1.54) is 0 Å². The molecule has 0 radical (unpaired) electrons. The fourth-order valence-corrected chi connectivity index (χ4v) is 2.28. The van der Waals surface area contributed by atoms with Crippen LogP contribution >= 0.6 is 12.6 Å². The monoisotopic (exact) mass is 419 g/mol. The fraction of sp³-hybridized carbons (Fsp3) is 0.688. The second-order valence-corrected chi connectivity index (χ2v) is 6.71. The number of carbonyl (C=O) groups excluding carboxylic acids is 4. The van der Waals surface area contributed by atoms with E-state index in [1.807, 2.05) is 0 Å². The van der Waals surface area contributed by atoms with Crippen molar-refractivity contribution in [2.75, 3.05) is 12.3 Å². The molecule has 11 nitrogen and oxygen atoms in total. The van der Waals surface area contributed by atoms with E-state index >= 15 is 0 Å². The van der Waals surface area contributed by atoms with E-state index in [0.29, 0.717) is 6.42 Å². The van der Waals surface area contributed by atoms with E-state index in [2.05, 4.69) is 28.6 Å². The normalized spacial score (nSPS) is 14.9. The van der Waals surface area contributed by atoms with Crippen LogP contribution in [0.25, 0.3) is 0 Å².